The number of benzene rings is 1. The molecule has 0 saturated carbocycles. The van der Waals surface area contributed by atoms with Gasteiger partial charge in [-0.3, -0.25) is 14.4 Å². The molecule has 8 heteroatoms. The summed E-state index contributed by atoms with van der Waals surface area (Å²) in [5.41, 5.74) is 1.15. The van der Waals surface area contributed by atoms with E-state index < -0.39 is 0 Å². The van der Waals surface area contributed by atoms with E-state index in [1.54, 1.807) is 13.2 Å². The predicted octanol–water partition coefficient (Wildman–Crippen LogP) is 1.33. The lowest BCUT2D eigenvalue weighted by molar-refractivity contribution is -0.127. The molecular formula is C20H26N4O4. The first-order valence-corrected chi connectivity index (χ1v) is 9.49. The number of carbonyl (C=O) groups is 3. The molecule has 1 aliphatic heterocycles. The summed E-state index contributed by atoms with van der Waals surface area (Å²) in [5, 5.41) is 9.10. The highest BCUT2D eigenvalue weighted by Crippen LogP contribution is 2.25. The summed E-state index contributed by atoms with van der Waals surface area (Å²) in [4.78, 5) is 39.3. The second-order valence-electron chi connectivity index (χ2n) is 7.12. The number of aromatic amines is 1. The molecule has 1 aliphatic rings. The van der Waals surface area contributed by atoms with Gasteiger partial charge in [-0.2, -0.15) is 0 Å². The van der Waals surface area contributed by atoms with Gasteiger partial charge < -0.3 is 25.7 Å². The van der Waals surface area contributed by atoms with Crippen LogP contribution in [-0.2, 0) is 9.59 Å². The molecule has 0 unspecified atom stereocenters. The predicted molar refractivity (Wildman–Crippen MR) is 105 cm³/mol. The zero-order valence-corrected chi connectivity index (χ0v) is 16.1. The number of piperidine rings is 1. The molecule has 3 amide bonds. The Labute approximate surface area is 163 Å². The van der Waals surface area contributed by atoms with Crippen LogP contribution in [-0.4, -0.2) is 48.9 Å². The minimum absolute atomic E-state index is 0.0508. The van der Waals surface area contributed by atoms with Crippen LogP contribution < -0.4 is 20.7 Å². The molecular weight excluding hydrogens is 360 g/mol. The maximum absolute atomic E-state index is 12.3. The van der Waals surface area contributed by atoms with Gasteiger partial charge in [-0.25, -0.2) is 0 Å². The molecule has 28 heavy (non-hydrogen) atoms. The number of nitrogens with one attached hydrogen (secondary N) is 4. The zero-order chi connectivity index (χ0) is 20.1. The maximum Gasteiger partial charge on any atom is 0.268 e. The van der Waals surface area contributed by atoms with E-state index in [1.165, 1.54) is 0 Å². The number of H-pyrrole nitrogens is 1. The van der Waals surface area contributed by atoms with Crippen LogP contribution in [0.1, 0.15) is 36.7 Å². The quantitative estimate of drug-likeness (QED) is 0.575. The summed E-state index contributed by atoms with van der Waals surface area (Å²) >= 11 is 0. The van der Waals surface area contributed by atoms with E-state index in [0.717, 1.165) is 30.3 Å². The normalized spacial score (nSPS) is 17.6. The fraction of sp³-hybridized carbons (Fsp3) is 0.450. The van der Waals surface area contributed by atoms with Crippen molar-refractivity contribution in [2.24, 2.45) is 5.92 Å². The number of methoxy groups -OCH3 is 1. The summed E-state index contributed by atoms with van der Waals surface area (Å²) in [6.45, 7) is 2.46. The minimum atomic E-state index is -0.368. The van der Waals surface area contributed by atoms with E-state index in [1.807, 2.05) is 25.1 Å². The van der Waals surface area contributed by atoms with Crippen molar-refractivity contribution >= 4 is 28.6 Å². The lowest BCUT2D eigenvalue weighted by Crippen LogP contribution is -2.44. The van der Waals surface area contributed by atoms with Crippen molar-refractivity contribution in [3.63, 3.8) is 0 Å². The average Bonchev–Trinajstić information content (AvgIpc) is 3.12. The molecule has 1 aromatic heterocycles. The van der Waals surface area contributed by atoms with Gasteiger partial charge >= 0.3 is 0 Å². The van der Waals surface area contributed by atoms with Crippen molar-refractivity contribution in [3.8, 4) is 5.75 Å². The first-order chi connectivity index (χ1) is 13.5. The van der Waals surface area contributed by atoms with Gasteiger partial charge in [-0.1, -0.05) is 6.07 Å². The third-order valence-corrected chi connectivity index (χ3v) is 4.94. The van der Waals surface area contributed by atoms with Crippen molar-refractivity contribution in [2.45, 2.75) is 32.2 Å². The molecule has 0 aliphatic carbocycles. The third-order valence-electron chi connectivity index (χ3n) is 4.94. The molecule has 0 spiro atoms. The van der Waals surface area contributed by atoms with Gasteiger partial charge in [0, 0.05) is 29.4 Å². The van der Waals surface area contributed by atoms with E-state index in [2.05, 4.69) is 20.9 Å². The first-order valence-electron chi connectivity index (χ1n) is 9.49. The standard InChI is InChI=1S/C20H26N4O4/c1-12(9-13-5-4-8-21-19(13)26)23-18(25)11-22-20(27)16-10-14-15(24-16)6-3-7-17(14)28-2/h3,6-7,10,12-13,24H,4-5,8-9,11H2,1-2H3,(H,21,26)(H,22,27)(H,23,25)/t12-,13+/m1/s1. The van der Waals surface area contributed by atoms with E-state index >= 15 is 0 Å². The van der Waals surface area contributed by atoms with Crippen molar-refractivity contribution < 1.29 is 19.1 Å². The maximum atomic E-state index is 12.3. The topological polar surface area (TPSA) is 112 Å². The molecule has 0 bridgehead atoms. The highest BCUT2D eigenvalue weighted by atomic mass is 16.5. The smallest absolute Gasteiger partial charge is 0.268 e. The Balaban J connectivity index is 1.50. The largest absolute Gasteiger partial charge is 0.496 e. The van der Waals surface area contributed by atoms with Crippen molar-refractivity contribution in [2.75, 3.05) is 20.2 Å². The summed E-state index contributed by atoms with van der Waals surface area (Å²) in [7, 11) is 1.57. The van der Waals surface area contributed by atoms with E-state index in [9.17, 15) is 14.4 Å². The summed E-state index contributed by atoms with van der Waals surface area (Å²) in [5.74, 6) is -0.000507. The van der Waals surface area contributed by atoms with Gasteiger partial charge in [-0.15, -0.1) is 0 Å². The lowest BCUT2D eigenvalue weighted by Gasteiger charge is -2.25. The Hall–Kier alpha value is -3.03. The SMILES string of the molecule is COc1cccc2[nH]c(C(=O)NCC(=O)N[C@H](C)C[C@@H]3CCCNC3=O)cc12. The Bertz CT molecular complexity index is 876. The van der Waals surface area contributed by atoms with Crippen LogP contribution in [0.15, 0.2) is 24.3 Å². The number of aromatic nitrogens is 1. The molecule has 2 heterocycles. The van der Waals surface area contributed by atoms with Crippen LogP contribution in [0.4, 0.5) is 0 Å². The Morgan fingerprint density at radius 1 is 1.36 bits per heavy atom. The van der Waals surface area contributed by atoms with Gasteiger partial charge in [-0.05, 0) is 44.4 Å². The van der Waals surface area contributed by atoms with Crippen molar-refractivity contribution in [1.82, 2.24) is 20.9 Å². The first kappa shape index (κ1) is 19.7. The lowest BCUT2D eigenvalue weighted by atomic mass is 9.92. The molecule has 0 radical (unpaired) electrons. The van der Waals surface area contributed by atoms with Crippen LogP contribution in [0.2, 0.25) is 0 Å². The van der Waals surface area contributed by atoms with Gasteiger partial charge in [0.05, 0.1) is 13.7 Å². The molecule has 1 aromatic carbocycles. The van der Waals surface area contributed by atoms with Gasteiger partial charge in [0.2, 0.25) is 11.8 Å². The fourth-order valence-electron chi connectivity index (χ4n) is 3.56. The Kier molecular flexibility index (Phi) is 6.18. The number of ether oxygens (including phenoxy) is 1. The van der Waals surface area contributed by atoms with Crippen molar-refractivity contribution in [3.05, 3.63) is 30.0 Å². The molecule has 4 N–H and O–H groups in total. The highest BCUT2D eigenvalue weighted by molar-refractivity contribution is 6.00. The number of hydrogen-bond acceptors (Lipinski definition) is 4. The minimum Gasteiger partial charge on any atom is -0.496 e. The van der Waals surface area contributed by atoms with Gasteiger partial charge in [0.15, 0.2) is 0 Å². The van der Waals surface area contributed by atoms with Crippen LogP contribution in [0, 0.1) is 5.92 Å². The summed E-state index contributed by atoms with van der Waals surface area (Å²) < 4.78 is 5.29. The molecule has 2 atom stereocenters. The molecule has 2 aromatic rings. The van der Waals surface area contributed by atoms with Gasteiger partial charge in [0.25, 0.3) is 5.91 Å². The van der Waals surface area contributed by atoms with Crippen molar-refractivity contribution in [1.29, 1.82) is 0 Å². The van der Waals surface area contributed by atoms with E-state index in [-0.39, 0.29) is 36.2 Å². The second kappa shape index (κ2) is 8.77. The third kappa shape index (κ3) is 4.62. The fourth-order valence-corrected chi connectivity index (χ4v) is 3.56. The Morgan fingerprint density at radius 2 is 2.18 bits per heavy atom. The van der Waals surface area contributed by atoms with E-state index in [0.29, 0.717) is 17.9 Å². The second-order valence-corrected chi connectivity index (χ2v) is 7.12. The summed E-state index contributed by atoms with van der Waals surface area (Å²) in [6, 6.07) is 7.06. The monoisotopic (exact) mass is 386 g/mol. The van der Waals surface area contributed by atoms with Crippen LogP contribution >= 0.6 is 0 Å². The number of hydrogen-bond donors (Lipinski definition) is 4. The summed E-state index contributed by atoms with van der Waals surface area (Å²) in [6.07, 6.45) is 2.39. The van der Waals surface area contributed by atoms with E-state index in [4.69, 9.17) is 4.74 Å². The van der Waals surface area contributed by atoms with Crippen LogP contribution in [0.25, 0.3) is 10.9 Å². The average molecular weight is 386 g/mol. The highest BCUT2D eigenvalue weighted by Gasteiger charge is 2.24. The molecule has 1 fully saturated rings. The molecule has 1 saturated heterocycles. The number of carbonyl (C=O) groups excluding carboxylic acids is 3. The Morgan fingerprint density at radius 3 is 2.93 bits per heavy atom. The molecule has 8 nitrogen and oxygen atoms in total. The number of fused-ring (bicyclic) bond motifs is 1. The number of amides is 3. The number of rotatable bonds is 7. The molecule has 150 valence electrons. The zero-order valence-electron chi connectivity index (χ0n) is 16.1. The van der Waals surface area contributed by atoms with Crippen LogP contribution in [0.5, 0.6) is 5.75 Å². The molecule has 3 rings (SSSR count). The van der Waals surface area contributed by atoms with Gasteiger partial charge in [0.1, 0.15) is 11.4 Å². The van der Waals surface area contributed by atoms with Crippen LogP contribution in [0.3, 0.4) is 0 Å².